The molecular weight excluding hydrogens is 350 g/mol. The number of hydrogen-bond donors (Lipinski definition) is 3. The van der Waals surface area contributed by atoms with Crippen molar-refractivity contribution in [2.24, 2.45) is 0 Å². The number of imidazole rings is 1. The highest BCUT2D eigenvalue weighted by molar-refractivity contribution is 5.62. The molecule has 7 heteroatoms. The van der Waals surface area contributed by atoms with Gasteiger partial charge in [0.15, 0.2) is 11.5 Å². The van der Waals surface area contributed by atoms with Gasteiger partial charge in [-0.1, -0.05) is 37.6 Å². The Morgan fingerprint density at radius 2 is 1.86 bits per heavy atom. The molecule has 148 valence electrons. The number of nitrogens with one attached hydrogen (secondary N) is 1. The standard InChI is InChI=1S/C21H29N7/c1-2-3-4-17-18(28-20(25-17)19(22)26-21(23)27-28)13-14-5-7-15(8-6-14)16-9-11-24-12-10-16/h5-8,16,24H,2-4,9-13H2,1H3,(H4,22,23,26,27). The van der Waals surface area contributed by atoms with Crippen molar-refractivity contribution in [3.63, 3.8) is 0 Å². The van der Waals surface area contributed by atoms with E-state index in [-0.39, 0.29) is 5.95 Å². The summed E-state index contributed by atoms with van der Waals surface area (Å²) in [5.74, 6) is 1.17. The third-order valence-corrected chi connectivity index (χ3v) is 5.63. The van der Waals surface area contributed by atoms with Crippen molar-refractivity contribution in [2.45, 2.75) is 51.4 Å². The van der Waals surface area contributed by atoms with Gasteiger partial charge in [0.1, 0.15) is 0 Å². The van der Waals surface area contributed by atoms with Gasteiger partial charge < -0.3 is 16.8 Å². The Bertz CT molecular complexity index is 940. The number of anilines is 2. The Labute approximate surface area is 165 Å². The topological polar surface area (TPSA) is 107 Å². The number of nitrogens with two attached hydrogens (primary N) is 2. The van der Waals surface area contributed by atoms with Gasteiger partial charge in [-0.15, -0.1) is 5.10 Å². The molecule has 1 fully saturated rings. The van der Waals surface area contributed by atoms with Crippen molar-refractivity contribution in [1.82, 2.24) is 24.9 Å². The lowest BCUT2D eigenvalue weighted by molar-refractivity contribution is 0.460. The number of benzene rings is 1. The van der Waals surface area contributed by atoms with Crippen LogP contribution in [0.1, 0.15) is 61.0 Å². The maximum absolute atomic E-state index is 6.04. The Kier molecular flexibility index (Phi) is 5.43. The van der Waals surface area contributed by atoms with Crippen LogP contribution in [0, 0.1) is 0 Å². The van der Waals surface area contributed by atoms with Crippen LogP contribution in [0.3, 0.4) is 0 Å². The second-order valence-electron chi connectivity index (χ2n) is 7.64. The zero-order valence-corrected chi connectivity index (χ0v) is 16.5. The van der Waals surface area contributed by atoms with Gasteiger partial charge >= 0.3 is 0 Å². The fourth-order valence-corrected chi connectivity index (χ4v) is 4.04. The van der Waals surface area contributed by atoms with Crippen LogP contribution in [0.25, 0.3) is 5.65 Å². The van der Waals surface area contributed by atoms with Crippen LogP contribution >= 0.6 is 0 Å². The molecule has 28 heavy (non-hydrogen) atoms. The minimum Gasteiger partial charge on any atom is -0.380 e. The van der Waals surface area contributed by atoms with Crippen LogP contribution in [0.5, 0.6) is 0 Å². The maximum Gasteiger partial charge on any atom is 0.240 e. The summed E-state index contributed by atoms with van der Waals surface area (Å²) in [7, 11) is 0. The molecule has 1 saturated heterocycles. The second kappa shape index (κ2) is 8.14. The Morgan fingerprint density at radius 3 is 2.57 bits per heavy atom. The molecule has 2 aromatic heterocycles. The van der Waals surface area contributed by atoms with E-state index in [0.29, 0.717) is 17.4 Å². The predicted octanol–water partition coefficient (Wildman–Crippen LogP) is 2.69. The maximum atomic E-state index is 6.04. The highest BCUT2D eigenvalue weighted by Gasteiger charge is 2.18. The number of aryl methyl sites for hydroxylation is 1. The van der Waals surface area contributed by atoms with Gasteiger partial charge in [0.25, 0.3) is 0 Å². The van der Waals surface area contributed by atoms with Crippen molar-refractivity contribution >= 4 is 17.4 Å². The van der Waals surface area contributed by atoms with Gasteiger partial charge in [-0.05, 0) is 55.8 Å². The van der Waals surface area contributed by atoms with E-state index in [2.05, 4.69) is 46.6 Å². The first kappa shape index (κ1) is 18.7. The number of rotatable bonds is 6. The van der Waals surface area contributed by atoms with Crippen molar-refractivity contribution in [3.8, 4) is 0 Å². The number of piperidine rings is 1. The third kappa shape index (κ3) is 3.80. The van der Waals surface area contributed by atoms with Crippen LogP contribution in [0.15, 0.2) is 24.3 Å². The molecule has 1 aliphatic heterocycles. The highest BCUT2D eigenvalue weighted by atomic mass is 15.3. The van der Waals surface area contributed by atoms with Crippen LogP contribution in [0.2, 0.25) is 0 Å². The van der Waals surface area contributed by atoms with Gasteiger partial charge in [-0.2, -0.15) is 4.98 Å². The molecule has 0 spiro atoms. The fourth-order valence-electron chi connectivity index (χ4n) is 4.04. The number of nitrogens with zero attached hydrogens (tertiary/aromatic N) is 4. The molecule has 1 aromatic carbocycles. The smallest absolute Gasteiger partial charge is 0.240 e. The molecule has 3 heterocycles. The molecule has 1 aliphatic rings. The summed E-state index contributed by atoms with van der Waals surface area (Å²) in [5.41, 5.74) is 17.3. The summed E-state index contributed by atoms with van der Waals surface area (Å²) in [5, 5.41) is 7.82. The SMILES string of the molecule is CCCCc1nc2c(N)nc(N)nn2c1Cc1ccc(C2CCNCC2)cc1. The zero-order chi connectivity index (χ0) is 19.5. The Morgan fingerprint density at radius 1 is 1.11 bits per heavy atom. The minimum absolute atomic E-state index is 0.173. The summed E-state index contributed by atoms with van der Waals surface area (Å²) in [4.78, 5) is 8.79. The van der Waals surface area contributed by atoms with Crippen LogP contribution in [-0.4, -0.2) is 32.7 Å². The molecule has 0 radical (unpaired) electrons. The van der Waals surface area contributed by atoms with E-state index >= 15 is 0 Å². The number of hydrogen-bond acceptors (Lipinski definition) is 6. The largest absolute Gasteiger partial charge is 0.380 e. The quantitative estimate of drug-likeness (QED) is 0.608. The number of fused-ring (bicyclic) bond motifs is 1. The third-order valence-electron chi connectivity index (χ3n) is 5.63. The average molecular weight is 380 g/mol. The van der Waals surface area contributed by atoms with Gasteiger partial charge in [-0.3, -0.25) is 0 Å². The normalized spacial score (nSPS) is 15.3. The van der Waals surface area contributed by atoms with E-state index in [4.69, 9.17) is 16.5 Å². The second-order valence-corrected chi connectivity index (χ2v) is 7.64. The summed E-state index contributed by atoms with van der Waals surface area (Å²) in [6.07, 6.45) is 6.27. The lowest BCUT2D eigenvalue weighted by Gasteiger charge is -2.23. The van der Waals surface area contributed by atoms with Gasteiger partial charge in [-0.25, -0.2) is 9.50 Å². The van der Waals surface area contributed by atoms with E-state index in [1.807, 2.05) is 0 Å². The lowest BCUT2D eigenvalue weighted by atomic mass is 9.89. The van der Waals surface area contributed by atoms with Crippen LogP contribution < -0.4 is 16.8 Å². The predicted molar refractivity (Wildman–Crippen MR) is 112 cm³/mol. The monoisotopic (exact) mass is 379 g/mol. The zero-order valence-electron chi connectivity index (χ0n) is 16.5. The lowest BCUT2D eigenvalue weighted by Crippen LogP contribution is -2.26. The number of aromatic nitrogens is 4. The van der Waals surface area contributed by atoms with Gasteiger partial charge in [0.05, 0.1) is 11.4 Å². The highest BCUT2D eigenvalue weighted by Crippen LogP contribution is 2.26. The molecule has 0 bridgehead atoms. The van der Waals surface area contributed by atoms with E-state index in [9.17, 15) is 0 Å². The van der Waals surface area contributed by atoms with E-state index in [1.54, 1.807) is 4.52 Å². The summed E-state index contributed by atoms with van der Waals surface area (Å²) in [6, 6.07) is 9.01. The first-order valence-corrected chi connectivity index (χ1v) is 10.2. The first-order chi connectivity index (χ1) is 13.7. The van der Waals surface area contributed by atoms with Crippen molar-refractivity contribution < 1.29 is 0 Å². The summed E-state index contributed by atoms with van der Waals surface area (Å²) >= 11 is 0. The minimum atomic E-state index is 0.173. The number of nitrogen functional groups attached to an aromatic ring is 2. The van der Waals surface area contributed by atoms with Gasteiger partial charge in [0.2, 0.25) is 5.95 Å². The summed E-state index contributed by atoms with van der Waals surface area (Å²) in [6.45, 7) is 4.40. The first-order valence-electron chi connectivity index (χ1n) is 10.2. The Hall–Kier alpha value is -2.67. The van der Waals surface area contributed by atoms with Crippen molar-refractivity contribution in [1.29, 1.82) is 0 Å². The average Bonchev–Trinajstić information content (AvgIpc) is 3.05. The molecule has 0 amide bonds. The van der Waals surface area contributed by atoms with E-state index < -0.39 is 0 Å². The van der Waals surface area contributed by atoms with E-state index in [0.717, 1.165) is 50.2 Å². The van der Waals surface area contributed by atoms with Crippen molar-refractivity contribution in [2.75, 3.05) is 24.6 Å². The number of unbranched alkanes of at least 4 members (excludes halogenated alkanes) is 1. The van der Waals surface area contributed by atoms with Crippen molar-refractivity contribution in [3.05, 3.63) is 46.8 Å². The summed E-state index contributed by atoms with van der Waals surface area (Å²) < 4.78 is 1.78. The molecule has 4 rings (SSSR count). The fraction of sp³-hybridized carbons (Fsp3) is 0.476. The molecule has 5 N–H and O–H groups in total. The molecule has 3 aromatic rings. The Balaban J connectivity index is 1.64. The molecule has 0 unspecified atom stereocenters. The molecule has 0 saturated carbocycles. The molecule has 0 aliphatic carbocycles. The molecule has 0 atom stereocenters. The van der Waals surface area contributed by atoms with E-state index in [1.165, 1.54) is 24.0 Å². The molecular formula is C21H29N7. The van der Waals surface area contributed by atoms with Crippen LogP contribution in [-0.2, 0) is 12.8 Å². The van der Waals surface area contributed by atoms with Crippen LogP contribution in [0.4, 0.5) is 11.8 Å². The van der Waals surface area contributed by atoms with Gasteiger partial charge in [0, 0.05) is 6.42 Å². The molecule has 7 nitrogen and oxygen atoms in total.